The second-order valence-electron chi connectivity index (χ2n) is 4.02. The van der Waals surface area contributed by atoms with E-state index in [-0.39, 0.29) is 22.1 Å². The fourth-order valence-electron chi connectivity index (χ4n) is 1.54. The van der Waals surface area contributed by atoms with Crippen LogP contribution in [-0.4, -0.2) is 53.6 Å². The van der Waals surface area contributed by atoms with Gasteiger partial charge in [0.2, 0.25) is 0 Å². The van der Waals surface area contributed by atoms with Crippen LogP contribution in [0.3, 0.4) is 0 Å². The van der Waals surface area contributed by atoms with E-state index in [4.69, 9.17) is 20.2 Å². The van der Waals surface area contributed by atoms with Crippen molar-refractivity contribution in [3.05, 3.63) is 23.8 Å². The average molecular weight is 322 g/mol. The van der Waals surface area contributed by atoms with Crippen LogP contribution in [0.15, 0.2) is 23.1 Å². The lowest BCUT2D eigenvalue weighted by Gasteiger charge is -2.18. The van der Waals surface area contributed by atoms with Crippen molar-refractivity contribution in [3.63, 3.8) is 0 Å². The highest BCUT2D eigenvalue weighted by molar-refractivity contribution is 8.13. The van der Waals surface area contributed by atoms with Crippen LogP contribution in [0.5, 0.6) is 5.75 Å². The number of likely N-dealkylation sites (N-methyl/N-ethyl adjacent to an activating group) is 1. The zero-order chi connectivity index (χ0) is 15.3. The third kappa shape index (κ3) is 4.09. The Bertz CT molecular complexity index is 588. The van der Waals surface area contributed by atoms with Gasteiger partial charge in [-0.3, -0.25) is 4.79 Å². The van der Waals surface area contributed by atoms with Crippen molar-refractivity contribution in [2.75, 3.05) is 34.4 Å². The topological polar surface area (TPSA) is 72.9 Å². The summed E-state index contributed by atoms with van der Waals surface area (Å²) >= 11 is 0. The number of nitrogens with zero attached hydrogens (tertiary/aromatic N) is 1. The Morgan fingerprint density at radius 2 is 2.00 bits per heavy atom. The molecule has 6 nitrogen and oxygen atoms in total. The summed E-state index contributed by atoms with van der Waals surface area (Å²) in [5, 5.41) is 0. The third-order valence-corrected chi connectivity index (χ3v) is 4.01. The largest absolute Gasteiger partial charge is 0.496 e. The smallest absolute Gasteiger partial charge is 0.261 e. The molecule has 20 heavy (non-hydrogen) atoms. The van der Waals surface area contributed by atoms with Gasteiger partial charge in [0.1, 0.15) is 5.75 Å². The summed E-state index contributed by atoms with van der Waals surface area (Å²) in [6, 6.07) is 3.88. The van der Waals surface area contributed by atoms with Gasteiger partial charge in [0.05, 0.1) is 24.2 Å². The second-order valence-corrected chi connectivity index (χ2v) is 6.59. The van der Waals surface area contributed by atoms with Crippen LogP contribution in [0.25, 0.3) is 0 Å². The molecule has 0 radical (unpaired) electrons. The predicted octanol–water partition coefficient (Wildman–Crippen LogP) is 1.34. The Hall–Kier alpha value is -1.31. The van der Waals surface area contributed by atoms with E-state index in [0.29, 0.717) is 13.2 Å². The van der Waals surface area contributed by atoms with E-state index in [2.05, 4.69) is 0 Å². The maximum atomic E-state index is 12.3. The molecule has 1 amide bonds. The molecule has 1 aromatic rings. The van der Waals surface area contributed by atoms with Gasteiger partial charge in [-0.15, -0.1) is 0 Å². The molecule has 0 N–H and O–H groups in total. The summed E-state index contributed by atoms with van der Waals surface area (Å²) in [6.45, 7) is 0.744. The minimum absolute atomic E-state index is 0.132. The molecular formula is C12H16ClNO5S. The number of rotatable bonds is 6. The van der Waals surface area contributed by atoms with Gasteiger partial charge in [-0.05, 0) is 18.2 Å². The average Bonchev–Trinajstić information content (AvgIpc) is 2.42. The van der Waals surface area contributed by atoms with Gasteiger partial charge in [0.15, 0.2) is 0 Å². The van der Waals surface area contributed by atoms with E-state index >= 15 is 0 Å². The monoisotopic (exact) mass is 321 g/mol. The number of hydrogen-bond acceptors (Lipinski definition) is 5. The van der Waals surface area contributed by atoms with E-state index in [0.717, 1.165) is 0 Å². The molecule has 0 unspecified atom stereocenters. The molecule has 0 aromatic heterocycles. The molecule has 1 rings (SSSR count). The van der Waals surface area contributed by atoms with Crippen molar-refractivity contribution in [1.29, 1.82) is 0 Å². The summed E-state index contributed by atoms with van der Waals surface area (Å²) in [4.78, 5) is 13.5. The Morgan fingerprint density at radius 1 is 1.35 bits per heavy atom. The molecule has 8 heteroatoms. The number of amides is 1. The first-order valence-corrected chi connectivity index (χ1v) is 7.99. The quantitative estimate of drug-likeness (QED) is 0.739. The SMILES string of the molecule is COCCN(C)C(=O)c1cc(S(=O)(=O)Cl)ccc1OC. The molecule has 0 atom stereocenters. The molecule has 0 saturated heterocycles. The molecule has 0 bridgehead atoms. The van der Waals surface area contributed by atoms with Gasteiger partial charge in [0.25, 0.3) is 15.0 Å². The van der Waals surface area contributed by atoms with Crippen molar-refractivity contribution in [2.45, 2.75) is 4.90 Å². The summed E-state index contributed by atoms with van der Waals surface area (Å²) in [5.41, 5.74) is 0.132. The summed E-state index contributed by atoms with van der Waals surface area (Å²) in [6.07, 6.45) is 0. The molecule has 0 spiro atoms. The Labute approximate surface area is 122 Å². The molecule has 112 valence electrons. The summed E-state index contributed by atoms with van der Waals surface area (Å²) in [7, 11) is 5.89. The molecule has 0 aliphatic carbocycles. The first-order chi connectivity index (χ1) is 9.31. The number of ether oxygens (including phenoxy) is 2. The van der Waals surface area contributed by atoms with Crippen LogP contribution in [0, 0.1) is 0 Å². The van der Waals surface area contributed by atoms with Crippen molar-refractivity contribution < 1.29 is 22.7 Å². The van der Waals surface area contributed by atoms with Crippen LogP contribution in [0.2, 0.25) is 0 Å². The van der Waals surface area contributed by atoms with Crippen LogP contribution in [0.4, 0.5) is 0 Å². The lowest BCUT2D eigenvalue weighted by atomic mass is 10.1. The molecule has 0 saturated carbocycles. The zero-order valence-corrected chi connectivity index (χ0v) is 13.0. The normalized spacial score (nSPS) is 11.2. The molecular weight excluding hydrogens is 306 g/mol. The first kappa shape index (κ1) is 16.7. The maximum Gasteiger partial charge on any atom is 0.261 e. The van der Waals surface area contributed by atoms with Crippen molar-refractivity contribution in [2.24, 2.45) is 0 Å². The molecule has 1 aromatic carbocycles. The van der Waals surface area contributed by atoms with Crippen molar-refractivity contribution in [3.8, 4) is 5.75 Å². The van der Waals surface area contributed by atoms with Gasteiger partial charge in [0, 0.05) is 31.4 Å². The van der Waals surface area contributed by atoms with Crippen LogP contribution in [0.1, 0.15) is 10.4 Å². The Balaban J connectivity index is 3.17. The van der Waals surface area contributed by atoms with Gasteiger partial charge in [-0.2, -0.15) is 0 Å². The Kier molecular flexibility index (Phi) is 5.79. The van der Waals surface area contributed by atoms with E-state index in [9.17, 15) is 13.2 Å². The lowest BCUT2D eigenvalue weighted by Crippen LogP contribution is -2.30. The lowest BCUT2D eigenvalue weighted by molar-refractivity contribution is 0.0740. The summed E-state index contributed by atoms with van der Waals surface area (Å²) < 4.78 is 32.6. The standard InChI is InChI=1S/C12H16ClNO5S/c1-14(6-7-18-2)12(15)10-8-9(20(13,16)17)4-5-11(10)19-3/h4-5,8H,6-7H2,1-3H3. The van der Waals surface area contributed by atoms with Gasteiger partial charge < -0.3 is 14.4 Å². The van der Waals surface area contributed by atoms with Crippen molar-refractivity contribution >= 4 is 25.6 Å². The van der Waals surface area contributed by atoms with E-state index < -0.39 is 9.05 Å². The second kappa shape index (κ2) is 6.92. The summed E-state index contributed by atoms with van der Waals surface area (Å²) in [5.74, 6) is -0.0931. The van der Waals surface area contributed by atoms with Crippen LogP contribution in [-0.2, 0) is 13.8 Å². The number of benzene rings is 1. The third-order valence-electron chi connectivity index (χ3n) is 2.66. The fraction of sp³-hybridized carbons (Fsp3) is 0.417. The van der Waals surface area contributed by atoms with E-state index in [1.165, 1.54) is 37.3 Å². The number of methoxy groups -OCH3 is 2. The van der Waals surface area contributed by atoms with Gasteiger partial charge in [-0.25, -0.2) is 8.42 Å². The molecule has 0 aliphatic rings. The number of carbonyl (C=O) groups is 1. The van der Waals surface area contributed by atoms with Gasteiger partial charge >= 0.3 is 0 Å². The fourth-order valence-corrected chi connectivity index (χ4v) is 2.32. The Morgan fingerprint density at radius 3 is 2.50 bits per heavy atom. The maximum absolute atomic E-state index is 12.3. The van der Waals surface area contributed by atoms with Crippen molar-refractivity contribution in [1.82, 2.24) is 4.90 Å². The van der Waals surface area contributed by atoms with Crippen LogP contribution >= 0.6 is 10.7 Å². The molecule has 0 fully saturated rings. The highest BCUT2D eigenvalue weighted by atomic mass is 35.7. The number of hydrogen-bond donors (Lipinski definition) is 0. The highest BCUT2D eigenvalue weighted by Gasteiger charge is 2.20. The number of carbonyl (C=O) groups excluding carboxylic acids is 1. The highest BCUT2D eigenvalue weighted by Crippen LogP contribution is 2.25. The predicted molar refractivity (Wildman–Crippen MR) is 74.9 cm³/mol. The zero-order valence-electron chi connectivity index (χ0n) is 11.4. The first-order valence-electron chi connectivity index (χ1n) is 5.68. The van der Waals surface area contributed by atoms with E-state index in [1.54, 1.807) is 7.05 Å². The van der Waals surface area contributed by atoms with Gasteiger partial charge in [-0.1, -0.05) is 0 Å². The minimum Gasteiger partial charge on any atom is -0.496 e. The number of halogens is 1. The molecule has 0 heterocycles. The minimum atomic E-state index is -3.91. The molecule has 0 aliphatic heterocycles. The van der Waals surface area contributed by atoms with Crippen LogP contribution < -0.4 is 4.74 Å². The van der Waals surface area contributed by atoms with E-state index in [1.807, 2.05) is 0 Å².